The van der Waals surface area contributed by atoms with Gasteiger partial charge >= 0.3 is 0 Å². The van der Waals surface area contributed by atoms with Gasteiger partial charge in [0, 0.05) is 36.9 Å². The zero-order chi connectivity index (χ0) is 14.7. The molecule has 0 fully saturated rings. The molecule has 20 heavy (non-hydrogen) atoms. The third-order valence-corrected chi connectivity index (χ3v) is 4.53. The number of hydrogen-bond acceptors (Lipinski definition) is 4. The summed E-state index contributed by atoms with van der Waals surface area (Å²) in [7, 11) is 4.04. The molecule has 2 aromatic rings. The van der Waals surface area contributed by atoms with Crippen molar-refractivity contribution in [3.8, 4) is 0 Å². The van der Waals surface area contributed by atoms with Crippen LogP contribution in [0.5, 0.6) is 0 Å². The molecule has 1 heterocycles. The molecule has 0 aliphatic carbocycles. The van der Waals surface area contributed by atoms with Gasteiger partial charge in [0.25, 0.3) is 5.69 Å². The summed E-state index contributed by atoms with van der Waals surface area (Å²) < 4.78 is 0. The smallest absolute Gasteiger partial charge is 0.277 e. The maximum Gasteiger partial charge on any atom is 0.277 e. The molecule has 0 N–H and O–H groups in total. The Labute approximate surface area is 117 Å². The van der Waals surface area contributed by atoms with Crippen LogP contribution in [0.3, 0.4) is 0 Å². The van der Waals surface area contributed by atoms with E-state index < -0.39 is 0 Å². The molecular weight excluding hydrogens is 254 g/mol. The molecule has 0 saturated carbocycles. The van der Waals surface area contributed by atoms with E-state index in [2.05, 4.69) is 23.6 Å². The van der Waals surface area contributed by atoms with Crippen molar-refractivity contribution in [1.82, 2.24) is 0 Å². The summed E-state index contributed by atoms with van der Waals surface area (Å²) in [5.74, 6) is 0. The highest BCUT2D eigenvalue weighted by atomic mass is 16.6. The van der Waals surface area contributed by atoms with Crippen LogP contribution in [-0.4, -0.2) is 24.7 Å². The van der Waals surface area contributed by atoms with E-state index in [0.29, 0.717) is 5.39 Å². The van der Waals surface area contributed by atoms with Gasteiger partial charge in [-0.05, 0) is 32.0 Å². The minimum absolute atomic E-state index is 0.159. The van der Waals surface area contributed by atoms with Crippen molar-refractivity contribution in [2.24, 2.45) is 0 Å². The molecule has 0 unspecified atom stereocenters. The van der Waals surface area contributed by atoms with Crippen LogP contribution in [0.1, 0.15) is 13.8 Å². The standard InChI is InChI=1S/C15H17N3O2/c1-15(2)16(3)12-7-5-6-10-11(18(19)20)8-9-13(14(10)12)17(15)4/h5-9H,1-4H3. The highest BCUT2D eigenvalue weighted by Crippen LogP contribution is 2.46. The number of rotatable bonds is 1. The Morgan fingerprint density at radius 2 is 1.65 bits per heavy atom. The van der Waals surface area contributed by atoms with Crippen molar-refractivity contribution in [2.45, 2.75) is 19.5 Å². The number of nitrogens with zero attached hydrogens (tertiary/aromatic N) is 3. The number of nitro benzene ring substituents is 1. The van der Waals surface area contributed by atoms with Gasteiger partial charge in [-0.1, -0.05) is 6.07 Å². The Morgan fingerprint density at radius 3 is 2.25 bits per heavy atom. The van der Waals surface area contributed by atoms with E-state index in [-0.39, 0.29) is 16.3 Å². The average molecular weight is 271 g/mol. The number of anilines is 2. The first-order chi connectivity index (χ1) is 9.35. The van der Waals surface area contributed by atoms with E-state index in [0.717, 1.165) is 16.8 Å². The lowest BCUT2D eigenvalue weighted by Gasteiger charge is -2.49. The van der Waals surface area contributed by atoms with Crippen molar-refractivity contribution >= 4 is 27.8 Å². The number of hydrogen-bond donors (Lipinski definition) is 0. The zero-order valence-electron chi connectivity index (χ0n) is 12.0. The van der Waals surface area contributed by atoms with E-state index in [9.17, 15) is 10.1 Å². The molecule has 5 nitrogen and oxygen atoms in total. The summed E-state index contributed by atoms with van der Waals surface area (Å²) >= 11 is 0. The van der Waals surface area contributed by atoms with Crippen molar-refractivity contribution in [3.05, 3.63) is 40.4 Å². The van der Waals surface area contributed by atoms with Crippen LogP contribution < -0.4 is 9.80 Å². The van der Waals surface area contributed by atoms with Crippen LogP contribution in [0.2, 0.25) is 0 Å². The molecule has 104 valence electrons. The fourth-order valence-corrected chi connectivity index (χ4v) is 2.89. The molecule has 1 aliphatic heterocycles. The maximum absolute atomic E-state index is 11.2. The predicted octanol–water partition coefficient (Wildman–Crippen LogP) is 3.37. The summed E-state index contributed by atoms with van der Waals surface area (Å²) in [5.41, 5.74) is 2.04. The first-order valence-corrected chi connectivity index (χ1v) is 6.53. The molecule has 0 aromatic heterocycles. The van der Waals surface area contributed by atoms with Crippen LogP contribution in [0, 0.1) is 10.1 Å². The fourth-order valence-electron chi connectivity index (χ4n) is 2.89. The Bertz CT molecular complexity index is 706. The van der Waals surface area contributed by atoms with Crippen LogP contribution in [0.15, 0.2) is 30.3 Å². The third-order valence-electron chi connectivity index (χ3n) is 4.53. The van der Waals surface area contributed by atoms with Crippen LogP contribution in [-0.2, 0) is 0 Å². The van der Waals surface area contributed by atoms with Crippen LogP contribution in [0.4, 0.5) is 17.1 Å². The predicted molar refractivity (Wildman–Crippen MR) is 81.5 cm³/mol. The summed E-state index contributed by atoms with van der Waals surface area (Å²) in [5, 5.41) is 12.9. The van der Waals surface area contributed by atoms with Crippen molar-refractivity contribution in [3.63, 3.8) is 0 Å². The van der Waals surface area contributed by atoms with Gasteiger partial charge in [0.1, 0.15) is 5.66 Å². The number of benzene rings is 2. The van der Waals surface area contributed by atoms with Crippen molar-refractivity contribution in [1.29, 1.82) is 0 Å². The topological polar surface area (TPSA) is 49.6 Å². The van der Waals surface area contributed by atoms with Gasteiger partial charge in [0.05, 0.1) is 10.3 Å². The number of non-ortho nitro benzene ring substituents is 1. The van der Waals surface area contributed by atoms with Gasteiger partial charge in [-0.15, -0.1) is 0 Å². The molecule has 1 aliphatic rings. The summed E-state index contributed by atoms with van der Waals surface area (Å²) in [6, 6.07) is 9.16. The fraction of sp³-hybridized carbons (Fsp3) is 0.333. The molecule has 0 saturated heterocycles. The highest BCUT2D eigenvalue weighted by molar-refractivity contribution is 6.09. The monoisotopic (exact) mass is 271 g/mol. The van der Waals surface area contributed by atoms with Gasteiger partial charge in [-0.25, -0.2) is 0 Å². The molecule has 0 spiro atoms. The van der Waals surface area contributed by atoms with E-state index in [1.807, 2.05) is 38.4 Å². The Balaban J connectivity index is 2.45. The van der Waals surface area contributed by atoms with Gasteiger partial charge in [-0.3, -0.25) is 10.1 Å². The zero-order valence-corrected chi connectivity index (χ0v) is 12.0. The molecule has 2 aromatic carbocycles. The van der Waals surface area contributed by atoms with Crippen LogP contribution >= 0.6 is 0 Å². The minimum Gasteiger partial charge on any atom is -0.352 e. The van der Waals surface area contributed by atoms with E-state index >= 15 is 0 Å². The largest absolute Gasteiger partial charge is 0.352 e. The maximum atomic E-state index is 11.2. The lowest BCUT2D eigenvalue weighted by molar-refractivity contribution is -0.383. The summed E-state index contributed by atoms with van der Waals surface area (Å²) in [6.45, 7) is 4.27. The molecule has 3 rings (SSSR count). The quantitative estimate of drug-likeness (QED) is 0.589. The van der Waals surface area contributed by atoms with E-state index in [4.69, 9.17) is 0 Å². The SMILES string of the molecule is CN1c2cccc3c([N+](=O)[O-])ccc(c23)N(C)C1(C)C. The summed E-state index contributed by atoms with van der Waals surface area (Å²) in [6.07, 6.45) is 0. The molecule has 0 radical (unpaired) electrons. The molecule has 5 heteroatoms. The van der Waals surface area contributed by atoms with Crippen LogP contribution in [0.25, 0.3) is 10.8 Å². The molecule has 0 bridgehead atoms. The highest BCUT2D eigenvalue weighted by Gasteiger charge is 2.36. The number of nitro groups is 1. The summed E-state index contributed by atoms with van der Waals surface area (Å²) in [4.78, 5) is 15.2. The Hall–Kier alpha value is -2.30. The second-order valence-electron chi connectivity index (χ2n) is 5.67. The average Bonchev–Trinajstić information content (AvgIpc) is 2.42. The minimum atomic E-state index is -0.317. The van der Waals surface area contributed by atoms with Gasteiger partial charge in [-0.2, -0.15) is 0 Å². The lowest BCUT2D eigenvalue weighted by Crippen LogP contribution is -2.56. The first-order valence-electron chi connectivity index (χ1n) is 6.53. The molecular formula is C15H17N3O2. The third kappa shape index (κ3) is 1.43. The molecule has 0 amide bonds. The van der Waals surface area contributed by atoms with Crippen molar-refractivity contribution < 1.29 is 4.92 Å². The molecule has 0 atom stereocenters. The van der Waals surface area contributed by atoms with Gasteiger partial charge < -0.3 is 9.80 Å². The Kier molecular flexibility index (Phi) is 2.45. The normalized spacial score (nSPS) is 16.6. The lowest BCUT2D eigenvalue weighted by atomic mass is 9.97. The van der Waals surface area contributed by atoms with Gasteiger partial charge in [0.15, 0.2) is 0 Å². The van der Waals surface area contributed by atoms with E-state index in [1.165, 1.54) is 0 Å². The second-order valence-corrected chi connectivity index (χ2v) is 5.67. The first kappa shape index (κ1) is 12.7. The second kappa shape index (κ2) is 3.85. The van der Waals surface area contributed by atoms with E-state index in [1.54, 1.807) is 6.07 Å². The van der Waals surface area contributed by atoms with Gasteiger partial charge in [0.2, 0.25) is 0 Å². The Morgan fingerprint density at radius 1 is 1.05 bits per heavy atom. The van der Waals surface area contributed by atoms with Crippen molar-refractivity contribution in [2.75, 3.05) is 23.9 Å².